The predicted molar refractivity (Wildman–Crippen MR) is 82.7 cm³/mol. The first-order valence-corrected chi connectivity index (χ1v) is 6.78. The quantitative estimate of drug-likeness (QED) is 0.876. The molecule has 20 heavy (non-hydrogen) atoms. The molecule has 1 N–H and O–H groups in total. The molecule has 0 radical (unpaired) electrons. The molecule has 4 heteroatoms. The van der Waals surface area contributed by atoms with Gasteiger partial charge < -0.3 is 15.0 Å². The molecule has 0 bridgehead atoms. The van der Waals surface area contributed by atoms with Gasteiger partial charge in [-0.05, 0) is 30.8 Å². The second-order valence-electron chi connectivity index (χ2n) is 4.55. The van der Waals surface area contributed by atoms with Crippen molar-refractivity contribution in [2.45, 2.75) is 13.5 Å². The van der Waals surface area contributed by atoms with Gasteiger partial charge in [-0.3, -0.25) is 4.98 Å². The summed E-state index contributed by atoms with van der Waals surface area (Å²) >= 11 is 0. The summed E-state index contributed by atoms with van der Waals surface area (Å²) < 4.78 is 5.27. The number of nitrogens with one attached hydrogen (secondary N) is 1. The smallest absolute Gasteiger partial charge is 0.120 e. The molecule has 4 nitrogen and oxygen atoms in total. The molecule has 1 aromatic carbocycles. The van der Waals surface area contributed by atoms with E-state index < -0.39 is 0 Å². The maximum Gasteiger partial charge on any atom is 0.120 e. The van der Waals surface area contributed by atoms with Crippen LogP contribution in [-0.2, 0) is 6.54 Å². The van der Waals surface area contributed by atoms with Gasteiger partial charge in [-0.15, -0.1) is 0 Å². The van der Waals surface area contributed by atoms with Crippen LogP contribution >= 0.6 is 0 Å². The van der Waals surface area contributed by atoms with Crippen molar-refractivity contribution in [2.75, 3.05) is 25.6 Å². The highest BCUT2D eigenvalue weighted by Crippen LogP contribution is 2.26. The molecule has 0 aliphatic rings. The molecule has 0 saturated heterocycles. The Morgan fingerprint density at radius 2 is 2.00 bits per heavy atom. The summed E-state index contributed by atoms with van der Waals surface area (Å²) in [6.45, 7) is 3.82. The molecular formula is C16H21N3O. The van der Waals surface area contributed by atoms with Gasteiger partial charge >= 0.3 is 0 Å². The van der Waals surface area contributed by atoms with Crippen LogP contribution in [0.25, 0.3) is 0 Å². The largest absolute Gasteiger partial charge is 0.497 e. The van der Waals surface area contributed by atoms with Crippen LogP contribution in [-0.4, -0.2) is 25.7 Å². The third kappa shape index (κ3) is 3.48. The van der Waals surface area contributed by atoms with Crippen molar-refractivity contribution in [1.29, 1.82) is 0 Å². The highest BCUT2D eigenvalue weighted by Gasteiger charge is 2.06. The second-order valence-corrected chi connectivity index (χ2v) is 4.55. The molecule has 0 atom stereocenters. The number of ether oxygens (including phenoxy) is 1. The number of rotatable bonds is 6. The van der Waals surface area contributed by atoms with Crippen LogP contribution in [0.1, 0.15) is 12.6 Å². The number of nitrogens with zero attached hydrogens (tertiary/aromatic N) is 2. The molecular weight excluding hydrogens is 250 g/mol. The Balaban J connectivity index is 2.21. The summed E-state index contributed by atoms with van der Waals surface area (Å²) in [5.41, 5.74) is 3.24. The van der Waals surface area contributed by atoms with Gasteiger partial charge in [0.1, 0.15) is 5.75 Å². The maximum absolute atomic E-state index is 5.27. The van der Waals surface area contributed by atoms with Crippen LogP contribution in [0.15, 0.2) is 42.6 Å². The first kappa shape index (κ1) is 14.3. The van der Waals surface area contributed by atoms with Crippen LogP contribution in [0.2, 0.25) is 0 Å². The van der Waals surface area contributed by atoms with E-state index in [1.165, 1.54) is 0 Å². The van der Waals surface area contributed by atoms with Gasteiger partial charge in [-0.1, -0.05) is 13.0 Å². The molecule has 0 fully saturated rings. The summed E-state index contributed by atoms with van der Waals surface area (Å²) in [6, 6.07) is 12.1. The summed E-state index contributed by atoms with van der Waals surface area (Å²) in [6.07, 6.45) is 1.85. The van der Waals surface area contributed by atoms with Gasteiger partial charge in [0.15, 0.2) is 0 Å². The van der Waals surface area contributed by atoms with Crippen LogP contribution in [0.3, 0.4) is 0 Å². The Bertz CT molecular complexity index is 557. The fourth-order valence-electron chi connectivity index (χ4n) is 1.99. The average molecular weight is 271 g/mol. The Labute approximate surface area is 120 Å². The lowest BCUT2D eigenvalue weighted by Crippen LogP contribution is -2.14. The first-order chi connectivity index (χ1) is 9.74. The molecule has 0 aliphatic heterocycles. The zero-order chi connectivity index (χ0) is 14.4. The van der Waals surface area contributed by atoms with E-state index in [1.54, 1.807) is 7.11 Å². The zero-order valence-corrected chi connectivity index (χ0v) is 12.3. The van der Waals surface area contributed by atoms with Crippen LogP contribution in [0.5, 0.6) is 5.75 Å². The van der Waals surface area contributed by atoms with E-state index in [2.05, 4.69) is 34.3 Å². The van der Waals surface area contributed by atoms with Gasteiger partial charge in [0, 0.05) is 37.2 Å². The van der Waals surface area contributed by atoms with Crippen LogP contribution in [0.4, 0.5) is 11.4 Å². The Kier molecular flexibility index (Phi) is 4.96. The lowest BCUT2D eigenvalue weighted by Gasteiger charge is -2.20. The second kappa shape index (κ2) is 6.91. The minimum absolute atomic E-state index is 0.788. The van der Waals surface area contributed by atoms with E-state index in [0.29, 0.717) is 0 Å². The van der Waals surface area contributed by atoms with Crippen molar-refractivity contribution in [2.24, 2.45) is 0 Å². The number of hydrogen-bond donors (Lipinski definition) is 1. The topological polar surface area (TPSA) is 37.4 Å². The summed E-state index contributed by atoms with van der Waals surface area (Å²) in [7, 11) is 3.72. The Morgan fingerprint density at radius 1 is 1.20 bits per heavy atom. The number of pyridine rings is 1. The van der Waals surface area contributed by atoms with Gasteiger partial charge in [0.25, 0.3) is 0 Å². The SMILES string of the molecule is CCNCc1cc(N(C)c2cccc(OC)c2)ccn1. The van der Waals surface area contributed by atoms with E-state index >= 15 is 0 Å². The van der Waals surface area contributed by atoms with E-state index in [9.17, 15) is 0 Å². The fourth-order valence-corrected chi connectivity index (χ4v) is 1.99. The lowest BCUT2D eigenvalue weighted by molar-refractivity contribution is 0.415. The van der Waals surface area contributed by atoms with E-state index in [1.807, 2.05) is 37.5 Å². The minimum atomic E-state index is 0.788. The highest BCUT2D eigenvalue weighted by molar-refractivity contribution is 5.63. The molecule has 2 rings (SSSR count). The van der Waals surface area contributed by atoms with Gasteiger partial charge in [-0.2, -0.15) is 0 Å². The molecule has 0 unspecified atom stereocenters. The number of hydrogen-bond acceptors (Lipinski definition) is 4. The van der Waals surface area contributed by atoms with Crippen molar-refractivity contribution in [1.82, 2.24) is 10.3 Å². The van der Waals surface area contributed by atoms with Crippen LogP contribution in [0, 0.1) is 0 Å². The first-order valence-electron chi connectivity index (χ1n) is 6.78. The number of aromatic nitrogens is 1. The standard InChI is InChI=1S/C16H21N3O/c1-4-17-12-13-10-15(8-9-18-13)19(2)14-6-5-7-16(11-14)20-3/h5-11,17H,4,12H2,1-3H3. The lowest BCUT2D eigenvalue weighted by atomic mass is 10.2. The van der Waals surface area contributed by atoms with Crippen molar-refractivity contribution >= 4 is 11.4 Å². The molecule has 1 aromatic heterocycles. The molecule has 0 saturated carbocycles. The van der Waals surface area contributed by atoms with Crippen molar-refractivity contribution in [3.05, 3.63) is 48.3 Å². The zero-order valence-electron chi connectivity index (χ0n) is 12.3. The van der Waals surface area contributed by atoms with Gasteiger partial charge in [-0.25, -0.2) is 0 Å². The molecule has 0 spiro atoms. The molecule has 1 heterocycles. The minimum Gasteiger partial charge on any atom is -0.497 e. The van der Waals surface area contributed by atoms with Gasteiger partial charge in [0.2, 0.25) is 0 Å². The molecule has 106 valence electrons. The Morgan fingerprint density at radius 3 is 2.75 bits per heavy atom. The maximum atomic E-state index is 5.27. The number of benzene rings is 1. The third-order valence-corrected chi connectivity index (χ3v) is 3.18. The van der Waals surface area contributed by atoms with E-state index in [4.69, 9.17) is 4.74 Å². The normalized spacial score (nSPS) is 10.3. The summed E-state index contributed by atoms with van der Waals surface area (Å²) in [5.74, 6) is 0.858. The summed E-state index contributed by atoms with van der Waals surface area (Å²) in [5, 5.41) is 3.29. The number of methoxy groups -OCH3 is 1. The molecule has 2 aromatic rings. The monoisotopic (exact) mass is 271 g/mol. The highest BCUT2D eigenvalue weighted by atomic mass is 16.5. The Hall–Kier alpha value is -2.07. The van der Waals surface area contributed by atoms with Crippen molar-refractivity contribution in [3.63, 3.8) is 0 Å². The number of anilines is 2. The molecule has 0 aliphatic carbocycles. The third-order valence-electron chi connectivity index (χ3n) is 3.18. The van der Waals surface area contributed by atoms with E-state index in [-0.39, 0.29) is 0 Å². The van der Waals surface area contributed by atoms with E-state index in [0.717, 1.165) is 35.9 Å². The average Bonchev–Trinajstić information content (AvgIpc) is 2.52. The van der Waals surface area contributed by atoms with Crippen molar-refractivity contribution < 1.29 is 4.74 Å². The molecule has 0 amide bonds. The van der Waals surface area contributed by atoms with Crippen molar-refractivity contribution in [3.8, 4) is 5.75 Å². The fraction of sp³-hybridized carbons (Fsp3) is 0.312. The van der Waals surface area contributed by atoms with Gasteiger partial charge in [0.05, 0.1) is 12.8 Å². The van der Waals surface area contributed by atoms with Crippen LogP contribution < -0.4 is 15.0 Å². The summed E-state index contributed by atoms with van der Waals surface area (Å²) in [4.78, 5) is 6.50. The predicted octanol–water partition coefficient (Wildman–Crippen LogP) is 2.97.